The smallest absolute Gasteiger partial charge is 0.250 e. The lowest BCUT2D eigenvalue weighted by atomic mass is 9.54. The van der Waals surface area contributed by atoms with Gasteiger partial charge in [0.15, 0.2) is 5.65 Å². The Morgan fingerprint density at radius 3 is 2.53 bits per heavy atom. The average molecular weight is 496 g/mol. The molecule has 3 saturated carbocycles. The zero-order valence-electron chi connectivity index (χ0n) is 20.8. The zero-order valence-corrected chi connectivity index (χ0v) is 20.8. The molecule has 1 saturated heterocycles. The number of pyridine rings is 1. The molecule has 2 bridgehead atoms. The molecule has 3 aliphatic carbocycles. The number of rotatable bonds is 4. The van der Waals surface area contributed by atoms with Gasteiger partial charge >= 0.3 is 0 Å². The molecule has 4 atom stereocenters. The molecule has 2 unspecified atom stereocenters. The number of ether oxygens (including phenoxy) is 1. The van der Waals surface area contributed by atoms with Crippen LogP contribution in [0.2, 0.25) is 0 Å². The van der Waals surface area contributed by atoms with E-state index in [4.69, 9.17) is 24.7 Å². The van der Waals surface area contributed by atoms with Gasteiger partial charge in [-0.05, 0) is 69.4 Å². The van der Waals surface area contributed by atoms with Gasteiger partial charge in [-0.3, -0.25) is 4.79 Å². The summed E-state index contributed by atoms with van der Waals surface area (Å²) in [5, 5.41) is 0. The van der Waals surface area contributed by atoms with Crippen molar-refractivity contribution in [2.75, 3.05) is 6.61 Å². The maximum absolute atomic E-state index is 13.8. The minimum atomic E-state index is -2.31. The van der Waals surface area contributed by atoms with Gasteiger partial charge in [0.25, 0.3) is 0 Å². The van der Waals surface area contributed by atoms with Crippen LogP contribution in [0.15, 0.2) is 23.1 Å². The van der Waals surface area contributed by atoms with E-state index in [1.54, 1.807) is 17.7 Å². The van der Waals surface area contributed by atoms with Crippen LogP contribution in [0.5, 0.6) is 0 Å². The Bertz CT molecular complexity index is 1370. The lowest BCUT2D eigenvalue weighted by Crippen LogP contribution is -2.44. The first-order valence-corrected chi connectivity index (χ1v) is 12.9. The van der Waals surface area contributed by atoms with Crippen LogP contribution in [0.4, 0.5) is 8.78 Å². The van der Waals surface area contributed by atoms with E-state index in [1.165, 1.54) is 0 Å². The van der Waals surface area contributed by atoms with Gasteiger partial charge in [-0.15, -0.1) is 0 Å². The summed E-state index contributed by atoms with van der Waals surface area (Å²) in [6, 6.07) is 3.38. The highest BCUT2D eigenvalue weighted by molar-refractivity contribution is 5.73. The fourth-order valence-corrected chi connectivity index (χ4v) is 6.37. The van der Waals surface area contributed by atoms with Crippen LogP contribution in [0, 0.1) is 31.6 Å². The molecule has 9 heteroatoms. The second-order valence-electron chi connectivity index (χ2n) is 10.9. The molecule has 190 valence electrons. The summed E-state index contributed by atoms with van der Waals surface area (Å²) in [5.41, 5.74) is 4.52. The normalized spacial score (nSPS) is 29.9. The highest BCUT2D eigenvalue weighted by Gasteiger charge is 2.50. The first-order valence-electron chi connectivity index (χ1n) is 12.9. The third kappa shape index (κ3) is 4.01. The largest absolute Gasteiger partial charge is 0.373 e. The minimum absolute atomic E-state index is 0.0381. The first kappa shape index (κ1) is 23.6. The van der Waals surface area contributed by atoms with Crippen molar-refractivity contribution in [3.8, 4) is 0 Å². The number of hydrogen-bond donors (Lipinski definition) is 0. The average Bonchev–Trinajstić information content (AvgIpc) is 2.85. The van der Waals surface area contributed by atoms with E-state index >= 15 is 0 Å². The molecule has 0 N–H and O–H groups in total. The van der Waals surface area contributed by atoms with Gasteiger partial charge < -0.3 is 9.30 Å². The number of nitrogens with zero attached hydrogens (tertiary/aromatic N) is 5. The third-order valence-electron chi connectivity index (χ3n) is 8.70. The fourth-order valence-electron chi connectivity index (χ4n) is 6.37. The van der Waals surface area contributed by atoms with E-state index in [-0.39, 0.29) is 29.4 Å². The van der Waals surface area contributed by atoms with Gasteiger partial charge in [0, 0.05) is 43.7 Å². The summed E-state index contributed by atoms with van der Waals surface area (Å²) in [5.74, 6) is 0.609. The van der Waals surface area contributed by atoms with Crippen molar-refractivity contribution in [1.29, 1.82) is 0 Å². The van der Waals surface area contributed by atoms with E-state index in [0.717, 1.165) is 41.9 Å². The van der Waals surface area contributed by atoms with E-state index in [2.05, 4.69) is 0 Å². The molecule has 0 radical (unpaired) electrons. The van der Waals surface area contributed by atoms with Gasteiger partial charge in [-0.25, -0.2) is 28.7 Å². The maximum Gasteiger partial charge on any atom is 0.250 e. The molecule has 4 heterocycles. The summed E-state index contributed by atoms with van der Waals surface area (Å²) in [4.78, 5) is 31.3. The molecule has 7 rings (SSSR count). The summed E-state index contributed by atoms with van der Waals surface area (Å²) in [6.07, 6.45) is 2.91. The van der Waals surface area contributed by atoms with Gasteiger partial charge in [-0.2, -0.15) is 0 Å². The molecule has 4 fully saturated rings. The molecule has 0 spiro atoms. The predicted molar refractivity (Wildman–Crippen MR) is 130 cm³/mol. The predicted octanol–water partition coefficient (Wildman–Crippen LogP) is 4.77. The van der Waals surface area contributed by atoms with Crippen LogP contribution >= 0.6 is 0 Å². The highest BCUT2D eigenvalue weighted by atomic mass is 19.3. The van der Waals surface area contributed by atoms with Gasteiger partial charge in [0.2, 0.25) is 12.0 Å². The molecule has 0 amide bonds. The Morgan fingerprint density at radius 2 is 1.78 bits per heavy atom. The summed E-state index contributed by atoms with van der Waals surface area (Å²) in [7, 11) is 1.73. The highest BCUT2D eigenvalue weighted by Crippen LogP contribution is 2.57. The summed E-state index contributed by atoms with van der Waals surface area (Å²) < 4.78 is 35.3. The lowest BCUT2D eigenvalue weighted by molar-refractivity contribution is -0.0592. The Hall–Kier alpha value is -2.81. The molecule has 3 aromatic rings. The van der Waals surface area contributed by atoms with E-state index in [9.17, 15) is 13.6 Å². The van der Waals surface area contributed by atoms with Gasteiger partial charge in [0.1, 0.15) is 11.3 Å². The van der Waals surface area contributed by atoms with Crippen molar-refractivity contribution in [1.82, 2.24) is 24.5 Å². The molecule has 1 aliphatic heterocycles. The maximum atomic E-state index is 13.8. The topological polar surface area (TPSA) is 82.8 Å². The third-order valence-corrected chi connectivity index (χ3v) is 8.70. The van der Waals surface area contributed by atoms with Crippen molar-refractivity contribution in [2.24, 2.45) is 24.8 Å². The SMILES string of the molecule is Cc1nc2nc(C3CCOC(c4ccc(=O)n(C)c4)C3)nc([C@@H]3C[C@H](C(F)F)C4CC3C4)c2nc1C. The molecule has 4 aliphatic rings. The van der Waals surface area contributed by atoms with Crippen molar-refractivity contribution in [3.63, 3.8) is 0 Å². The van der Waals surface area contributed by atoms with Gasteiger partial charge in [0.05, 0.1) is 23.2 Å². The monoisotopic (exact) mass is 495 g/mol. The van der Waals surface area contributed by atoms with Crippen LogP contribution < -0.4 is 5.56 Å². The number of fused-ring (bicyclic) bond motifs is 3. The fraction of sp³-hybridized carbons (Fsp3) is 0.593. The van der Waals surface area contributed by atoms with Crippen LogP contribution in [-0.2, 0) is 11.8 Å². The van der Waals surface area contributed by atoms with Crippen molar-refractivity contribution < 1.29 is 13.5 Å². The minimum Gasteiger partial charge on any atom is -0.373 e. The number of hydrogen-bond acceptors (Lipinski definition) is 6. The standard InChI is InChI=1S/C27H31F2N5O2/c1-13-14(2)31-27-24(30-13)23(19-11-20(25(28)29)18-8-17(19)9-18)32-26(33-27)15-6-7-36-21(10-15)16-4-5-22(35)34(3)12-16/h4-5,12,15,17-21,25H,6-11H2,1-3H3/t15?,17?,18?,19-,20+,21?/m1/s1. The molecule has 0 aromatic carbocycles. The Balaban J connectivity index is 1.39. The second-order valence-corrected chi connectivity index (χ2v) is 10.9. The lowest BCUT2D eigenvalue weighted by Gasteiger charge is -2.51. The molecule has 36 heavy (non-hydrogen) atoms. The van der Waals surface area contributed by atoms with Gasteiger partial charge in [-0.1, -0.05) is 0 Å². The number of alkyl halides is 2. The number of aryl methyl sites for hydroxylation is 3. The van der Waals surface area contributed by atoms with Crippen molar-refractivity contribution in [2.45, 2.75) is 70.3 Å². The van der Waals surface area contributed by atoms with Crippen LogP contribution in [0.3, 0.4) is 0 Å². The second kappa shape index (κ2) is 8.94. The molecule has 3 aromatic heterocycles. The number of halogens is 2. The van der Waals surface area contributed by atoms with E-state index in [1.807, 2.05) is 26.1 Å². The Kier molecular flexibility index (Phi) is 5.85. The van der Waals surface area contributed by atoms with Crippen molar-refractivity contribution >= 4 is 11.2 Å². The first-order chi connectivity index (χ1) is 17.3. The molecular weight excluding hydrogens is 464 g/mol. The van der Waals surface area contributed by atoms with E-state index < -0.39 is 12.3 Å². The Morgan fingerprint density at radius 1 is 1.00 bits per heavy atom. The number of aromatic nitrogens is 5. The zero-order chi connectivity index (χ0) is 25.1. The summed E-state index contributed by atoms with van der Waals surface area (Å²) >= 11 is 0. The summed E-state index contributed by atoms with van der Waals surface area (Å²) in [6.45, 7) is 4.38. The van der Waals surface area contributed by atoms with Crippen molar-refractivity contribution in [3.05, 3.63) is 57.2 Å². The van der Waals surface area contributed by atoms with Crippen LogP contribution in [0.1, 0.15) is 78.5 Å². The van der Waals surface area contributed by atoms with Crippen LogP contribution in [-0.4, -0.2) is 37.5 Å². The van der Waals surface area contributed by atoms with Crippen LogP contribution in [0.25, 0.3) is 11.2 Å². The van der Waals surface area contributed by atoms with E-state index in [0.29, 0.717) is 42.4 Å². The molecule has 7 nitrogen and oxygen atoms in total. The quantitative estimate of drug-likeness (QED) is 0.519. The Labute approximate surface area is 208 Å². The molecular formula is C27H31F2N5O2.